The first-order chi connectivity index (χ1) is 5.75. The van der Waals surface area contributed by atoms with Crippen molar-refractivity contribution in [1.82, 2.24) is 5.32 Å². The van der Waals surface area contributed by atoms with Gasteiger partial charge in [0.15, 0.2) is 5.17 Å². The Morgan fingerprint density at radius 3 is 2.83 bits per heavy atom. The molecule has 0 aromatic rings. The first-order valence-corrected chi connectivity index (χ1v) is 5.71. The molecule has 2 rings (SSSR count). The highest BCUT2D eigenvalue weighted by Gasteiger charge is 2.29. The Bertz CT molecular complexity index is 199. The molecule has 0 aromatic carbocycles. The third-order valence-corrected chi connectivity index (χ3v) is 3.62. The molecule has 1 heterocycles. The quantitative estimate of drug-likeness (QED) is 0.708. The van der Waals surface area contributed by atoms with Crippen molar-refractivity contribution in [2.24, 2.45) is 10.9 Å². The van der Waals surface area contributed by atoms with E-state index >= 15 is 0 Å². The van der Waals surface area contributed by atoms with Gasteiger partial charge in [0.05, 0.1) is 6.04 Å². The van der Waals surface area contributed by atoms with Crippen LogP contribution in [0.4, 0.5) is 0 Å². The topological polar surface area (TPSA) is 24.4 Å². The van der Waals surface area contributed by atoms with Crippen LogP contribution in [0, 0.1) is 5.92 Å². The van der Waals surface area contributed by atoms with E-state index in [1.54, 1.807) is 0 Å². The van der Waals surface area contributed by atoms with Gasteiger partial charge >= 0.3 is 0 Å². The SMILES string of the molecule is CC1CSC(NC(C)C2CC2)=N1. The molecular formula is C9H16N2S. The van der Waals surface area contributed by atoms with Gasteiger partial charge in [-0.1, -0.05) is 11.8 Å². The highest BCUT2D eigenvalue weighted by molar-refractivity contribution is 8.14. The van der Waals surface area contributed by atoms with Gasteiger partial charge in [0.1, 0.15) is 0 Å². The van der Waals surface area contributed by atoms with Gasteiger partial charge < -0.3 is 5.32 Å². The minimum atomic E-state index is 0.518. The number of amidine groups is 1. The summed E-state index contributed by atoms with van der Waals surface area (Å²) in [6.07, 6.45) is 2.81. The zero-order valence-electron chi connectivity index (χ0n) is 7.71. The fourth-order valence-electron chi connectivity index (χ4n) is 1.46. The summed E-state index contributed by atoms with van der Waals surface area (Å²) in [6, 6.07) is 1.16. The number of thioether (sulfide) groups is 1. The number of nitrogens with one attached hydrogen (secondary N) is 1. The molecule has 2 atom stereocenters. The Balaban J connectivity index is 1.81. The summed E-state index contributed by atoms with van der Waals surface area (Å²) in [5, 5.41) is 4.65. The average molecular weight is 184 g/mol. The van der Waals surface area contributed by atoms with Gasteiger partial charge in [-0.05, 0) is 32.6 Å². The number of nitrogens with zero attached hydrogens (tertiary/aromatic N) is 1. The third kappa shape index (κ3) is 1.94. The van der Waals surface area contributed by atoms with Crippen molar-refractivity contribution in [1.29, 1.82) is 0 Å². The van der Waals surface area contributed by atoms with E-state index in [9.17, 15) is 0 Å². The van der Waals surface area contributed by atoms with Crippen molar-refractivity contribution < 1.29 is 0 Å². The van der Waals surface area contributed by atoms with Gasteiger partial charge in [0.2, 0.25) is 0 Å². The van der Waals surface area contributed by atoms with E-state index in [0.29, 0.717) is 12.1 Å². The summed E-state index contributed by atoms with van der Waals surface area (Å²) in [5.41, 5.74) is 0. The monoisotopic (exact) mass is 184 g/mol. The molecule has 12 heavy (non-hydrogen) atoms. The molecule has 2 aliphatic rings. The van der Waals surface area contributed by atoms with Crippen molar-refractivity contribution in [2.75, 3.05) is 5.75 Å². The van der Waals surface area contributed by atoms with E-state index < -0.39 is 0 Å². The zero-order chi connectivity index (χ0) is 8.55. The Morgan fingerprint density at radius 2 is 2.33 bits per heavy atom. The van der Waals surface area contributed by atoms with E-state index in [4.69, 9.17) is 0 Å². The Kier molecular flexibility index (Phi) is 2.31. The predicted molar refractivity (Wildman–Crippen MR) is 54.7 cm³/mol. The second-order valence-corrected chi connectivity index (χ2v) is 4.87. The van der Waals surface area contributed by atoms with Gasteiger partial charge in [0, 0.05) is 11.8 Å². The maximum atomic E-state index is 4.51. The molecule has 1 saturated carbocycles. The Hall–Kier alpha value is -0.180. The molecule has 2 nitrogen and oxygen atoms in total. The lowest BCUT2D eigenvalue weighted by Crippen LogP contribution is -2.31. The summed E-state index contributed by atoms with van der Waals surface area (Å²) in [7, 11) is 0. The molecule has 0 saturated heterocycles. The first-order valence-electron chi connectivity index (χ1n) is 4.73. The van der Waals surface area contributed by atoms with Crippen molar-refractivity contribution in [3.63, 3.8) is 0 Å². The lowest BCUT2D eigenvalue weighted by molar-refractivity contribution is 0.590. The highest BCUT2D eigenvalue weighted by atomic mass is 32.2. The largest absolute Gasteiger partial charge is 0.362 e. The Morgan fingerprint density at radius 1 is 1.58 bits per heavy atom. The second kappa shape index (κ2) is 3.29. The van der Waals surface area contributed by atoms with Crippen LogP contribution in [-0.2, 0) is 0 Å². The van der Waals surface area contributed by atoms with Crippen molar-refractivity contribution in [3.8, 4) is 0 Å². The Labute approximate surface area is 78.2 Å². The normalized spacial score (nSPS) is 31.5. The van der Waals surface area contributed by atoms with E-state index in [2.05, 4.69) is 24.2 Å². The standard InChI is InChI=1S/C9H16N2S/c1-6-5-12-9(10-6)11-7(2)8-3-4-8/h6-8H,3-5H2,1-2H3,(H,10,11). The smallest absolute Gasteiger partial charge is 0.157 e. The molecule has 1 fully saturated rings. The number of aliphatic imine (C=N–C) groups is 1. The molecule has 0 aromatic heterocycles. The highest BCUT2D eigenvalue weighted by Crippen LogP contribution is 2.32. The molecule has 0 bridgehead atoms. The lowest BCUT2D eigenvalue weighted by atomic mass is 10.2. The predicted octanol–water partition coefficient (Wildman–Crippen LogP) is 1.87. The average Bonchev–Trinajstić information content (AvgIpc) is 2.78. The summed E-state index contributed by atoms with van der Waals surface area (Å²) in [6.45, 7) is 4.44. The maximum Gasteiger partial charge on any atom is 0.157 e. The van der Waals surface area contributed by atoms with Crippen LogP contribution in [0.15, 0.2) is 4.99 Å². The van der Waals surface area contributed by atoms with Crippen LogP contribution in [-0.4, -0.2) is 23.0 Å². The molecule has 2 unspecified atom stereocenters. The fraction of sp³-hybridized carbons (Fsp3) is 0.889. The molecular weight excluding hydrogens is 168 g/mol. The summed E-state index contributed by atoms with van der Waals surface area (Å²) in [4.78, 5) is 4.51. The van der Waals surface area contributed by atoms with Crippen LogP contribution in [0.3, 0.4) is 0 Å². The van der Waals surface area contributed by atoms with Crippen LogP contribution >= 0.6 is 11.8 Å². The van der Waals surface area contributed by atoms with E-state index in [-0.39, 0.29) is 0 Å². The minimum Gasteiger partial charge on any atom is -0.362 e. The molecule has 3 heteroatoms. The molecule has 1 aliphatic heterocycles. The van der Waals surface area contributed by atoms with Crippen LogP contribution < -0.4 is 5.32 Å². The van der Waals surface area contributed by atoms with Crippen molar-refractivity contribution >= 4 is 16.9 Å². The maximum absolute atomic E-state index is 4.51. The van der Waals surface area contributed by atoms with Crippen molar-refractivity contribution in [2.45, 2.75) is 38.8 Å². The van der Waals surface area contributed by atoms with E-state index in [0.717, 1.165) is 11.7 Å². The first kappa shape index (κ1) is 8.42. The van der Waals surface area contributed by atoms with Crippen LogP contribution in [0.25, 0.3) is 0 Å². The molecule has 68 valence electrons. The summed E-state index contributed by atoms with van der Waals surface area (Å²) >= 11 is 1.86. The van der Waals surface area contributed by atoms with Gasteiger partial charge in [-0.25, -0.2) is 0 Å². The van der Waals surface area contributed by atoms with Gasteiger partial charge in [-0.3, -0.25) is 4.99 Å². The lowest BCUT2D eigenvalue weighted by Gasteiger charge is -2.12. The van der Waals surface area contributed by atoms with Crippen LogP contribution in [0.1, 0.15) is 26.7 Å². The summed E-state index contributed by atoms with van der Waals surface area (Å²) < 4.78 is 0. The molecule has 0 amide bonds. The van der Waals surface area contributed by atoms with Gasteiger partial charge in [0.25, 0.3) is 0 Å². The van der Waals surface area contributed by atoms with Crippen molar-refractivity contribution in [3.05, 3.63) is 0 Å². The summed E-state index contributed by atoms with van der Waals surface area (Å²) in [5.74, 6) is 2.07. The second-order valence-electron chi connectivity index (χ2n) is 3.86. The number of hydrogen-bond acceptors (Lipinski definition) is 3. The molecule has 0 radical (unpaired) electrons. The molecule has 0 spiro atoms. The number of rotatable bonds is 2. The third-order valence-electron chi connectivity index (χ3n) is 2.48. The molecule has 1 aliphatic carbocycles. The fourth-order valence-corrected chi connectivity index (χ4v) is 2.46. The van der Waals surface area contributed by atoms with Crippen LogP contribution in [0.5, 0.6) is 0 Å². The zero-order valence-corrected chi connectivity index (χ0v) is 8.53. The van der Waals surface area contributed by atoms with Gasteiger partial charge in [-0.15, -0.1) is 0 Å². The minimum absolute atomic E-state index is 0.518. The van der Waals surface area contributed by atoms with Gasteiger partial charge in [-0.2, -0.15) is 0 Å². The van der Waals surface area contributed by atoms with E-state index in [1.807, 2.05) is 11.8 Å². The van der Waals surface area contributed by atoms with E-state index in [1.165, 1.54) is 18.0 Å². The number of hydrogen-bond donors (Lipinski definition) is 1. The molecule has 1 N–H and O–H groups in total. The van der Waals surface area contributed by atoms with Crippen LogP contribution in [0.2, 0.25) is 0 Å².